The highest BCUT2D eigenvalue weighted by molar-refractivity contribution is 5.87. The third-order valence-electron chi connectivity index (χ3n) is 3.61. The van der Waals surface area contributed by atoms with Gasteiger partial charge in [0.05, 0.1) is 21.3 Å². The van der Waals surface area contributed by atoms with Crippen molar-refractivity contribution in [3.63, 3.8) is 0 Å². The average molecular weight is 394 g/mol. The van der Waals surface area contributed by atoms with Crippen LogP contribution in [0, 0.1) is 0 Å². The first-order valence-electron chi connectivity index (χ1n) is 8.14. The molecule has 0 aliphatic rings. The number of benzene rings is 2. The van der Waals surface area contributed by atoms with Crippen LogP contribution in [-0.4, -0.2) is 33.9 Å². The SMILES string of the molecule is COc1cc(/C=C/C(=O)OCc2ccc(OC(F)F)c(OC)c2)cc(OC)c1. The van der Waals surface area contributed by atoms with E-state index in [1.165, 1.54) is 45.6 Å². The minimum atomic E-state index is -2.96. The van der Waals surface area contributed by atoms with Gasteiger partial charge in [-0.1, -0.05) is 6.07 Å². The van der Waals surface area contributed by atoms with Crippen molar-refractivity contribution in [3.05, 3.63) is 53.6 Å². The van der Waals surface area contributed by atoms with E-state index >= 15 is 0 Å². The Kier molecular flexibility index (Phi) is 7.62. The van der Waals surface area contributed by atoms with Crippen LogP contribution < -0.4 is 18.9 Å². The summed E-state index contributed by atoms with van der Waals surface area (Å²) in [5.41, 5.74) is 1.26. The fourth-order valence-corrected chi connectivity index (χ4v) is 2.29. The molecule has 0 aromatic heterocycles. The van der Waals surface area contributed by atoms with Crippen LogP contribution in [0.25, 0.3) is 6.08 Å². The second-order valence-electron chi connectivity index (χ2n) is 5.45. The molecule has 0 amide bonds. The molecule has 0 spiro atoms. The van der Waals surface area contributed by atoms with Crippen LogP contribution in [0.4, 0.5) is 8.78 Å². The maximum absolute atomic E-state index is 12.3. The zero-order valence-electron chi connectivity index (χ0n) is 15.6. The Morgan fingerprint density at radius 2 is 1.64 bits per heavy atom. The number of alkyl halides is 2. The van der Waals surface area contributed by atoms with Crippen molar-refractivity contribution in [2.24, 2.45) is 0 Å². The molecule has 8 heteroatoms. The first-order valence-corrected chi connectivity index (χ1v) is 8.14. The highest BCUT2D eigenvalue weighted by Crippen LogP contribution is 2.29. The summed E-state index contributed by atoms with van der Waals surface area (Å²) in [5, 5.41) is 0. The molecule has 150 valence electrons. The van der Waals surface area contributed by atoms with Gasteiger partial charge in [0.15, 0.2) is 11.5 Å². The Morgan fingerprint density at radius 1 is 0.964 bits per heavy atom. The van der Waals surface area contributed by atoms with Crippen LogP contribution >= 0.6 is 0 Å². The summed E-state index contributed by atoms with van der Waals surface area (Å²) < 4.78 is 49.5. The quantitative estimate of drug-likeness (QED) is 0.472. The molecule has 0 aliphatic heterocycles. The topological polar surface area (TPSA) is 63.2 Å². The fourth-order valence-electron chi connectivity index (χ4n) is 2.29. The van der Waals surface area contributed by atoms with E-state index < -0.39 is 12.6 Å². The van der Waals surface area contributed by atoms with E-state index in [0.29, 0.717) is 22.6 Å². The number of hydrogen-bond donors (Lipinski definition) is 0. The Labute approximate surface area is 161 Å². The van der Waals surface area contributed by atoms with E-state index in [9.17, 15) is 13.6 Å². The van der Waals surface area contributed by atoms with E-state index in [1.807, 2.05) is 0 Å². The molecule has 0 N–H and O–H groups in total. The summed E-state index contributed by atoms with van der Waals surface area (Å²) in [7, 11) is 4.39. The van der Waals surface area contributed by atoms with Gasteiger partial charge in [-0.15, -0.1) is 0 Å². The number of methoxy groups -OCH3 is 3. The molecule has 0 unspecified atom stereocenters. The van der Waals surface area contributed by atoms with Crippen LogP contribution in [0.3, 0.4) is 0 Å². The molecule has 0 fully saturated rings. The van der Waals surface area contributed by atoms with Crippen LogP contribution in [0.5, 0.6) is 23.0 Å². The van der Waals surface area contributed by atoms with Crippen molar-refractivity contribution in [1.82, 2.24) is 0 Å². The van der Waals surface area contributed by atoms with Crippen LogP contribution in [0.1, 0.15) is 11.1 Å². The lowest BCUT2D eigenvalue weighted by atomic mass is 10.2. The third-order valence-corrected chi connectivity index (χ3v) is 3.61. The van der Waals surface area contributed by atoms with Crippen LogP contribution in [0.2, 0.25) is 0 Å². The van der Waals surface area contributed by atoms with E-state index in [2.05, 4.69) is 4.74 Å². The molecule has 6 nitrogen and oxygen atoms in total. The van der Waals surface area contributed by atoms with Crippen molar-refractivity contribution in [2.75, 3.05) is 21.3 Å². The standard InChI is InChI=1S/C20H20F2O6/c1-24-15-8-13(9-16(11-15)25-2)5-7-19(23)27-12-14-4-6-17(28-20(21)22)18(10-14)26-3/h4-11,20H,12H2,1-3H3/b7-5+. The van der Waals surface area contributed by atoms with Crippen LogP contribution in [0.15, 0.2) is 42.5 Å². The molecule has 0 heterocycles. The molecule has 0 bridgehead atoms. The van der Waals surface area contributed by atoms with Gasteiger partial charge < -0.3 is 23.7 Å². The maximum Gasteiger partial charge on any atom is 0.387 e. The third kappa shape index (κ3) is 6.15. The summed E-state index contributed by atoms with van der Waals surface area (Å²) in [5.74, 6) is 0.622. The van der Waals surface area contributed by atoms with Crippen LogP contribution in [-0.2, 0) is 16.1 Å². The molecular weight excluding hydrogens is 374 g/mol. The normalized spacial score (nSPS) is 10.8. The maximum atomic E-state index is 12.3. The van der Waals surface area contributed by atoms with Crippen molar-refractivity contribution < 1.29 is 37.3 Å². The minimum Gasteiger partial charge on any atom is -0.497 e. The molecule has 2 aromatic rings. The molecule has 0 aliphatic carbocycles. The Hall–Kier alpha value is -3.29. The largest absolute Gasteiger partial charge is 0.497 e. The first-order chi connectivity index (χ1) is 13.4. The van der Waals surface area contributed by atoms with Gasteiger partial charge in [0.25, 0.3) is 0 Å². The summed E-state index contributed by atoms with van der Waals surface area (Å²) in [6.45, 7) is -3.02. The second-order valence-corrected chi connectivity index (χ2v) is 5.45. The lowest BCUT2D eigenvalue weighted by Crippen LogP contribution is -2.05. The number of halogens is 2. The van der Waals surface area contributed by atoms with Crippen molar-refractivity contribution in [2.45, 2.75) is 13.2 Å². The average Bonchev–Trinajstić information content (AvgIpc) is 2.70. The number of hydrogen-bond acceptors (Lipinski definition) is 6. The van der Waals surface area contributed by atoms with Gasteiger partial charge in [0.2, 0.25) is 0 Å². The molecular formula is C20H20F2O6. The summed E-state index contributed by atoms with van der Waals surface area (Å²) in [6, 6.07) is 9.47. The fraction of sp³-hybridized carbons (Fsp3) is 0.250. The Morgan fingerprint density at radius 3 is 2.21 bits per heavy atom. The van der Waals surface area contributed by atoms with Crippen molar-refractivity contribution in [1.29, 1.82) is 0 Å². The summed E-state index contributed by atoms with van der Waals surface area (Å²) >= 11 is 0. The van der Waals surface area contributed by atoms with Gasteiger partial charge >= 0.3 is 12.6 Å². The van der Waals surface area contributed by atoms with E-state index in [4.69, 9.17) is 18.9 Å². The van der Waals surface area contributed by atoms with Gasteiger partial charge in [-0.3, -0.25) is 0 Å². The van der Waals surface area contributed by atoms with E-state index in [-0.39, 0.29) is 18.1 Å². The van der Waals surface area contributed by atoms with Crippen molar-refractivity contribution in [3.8, 4) is 23.0 Å². The van der Waals surface area contributed by atoms with Gasteiger partial charge in [-0.05, 0) is 41.5 Å². The zero-order valence-corrected chi connectivity index (χ0v) is 15.6. The lowest BCUT2D eigenvalue weighted by molar-refractivity contribution is -0.138. The predicted molar refractivity (Wildman–Crippen MR) is 98.0 cm³/mol. The second kappa shape index (κ2) is 10.1. The van der Waals surface area contributed by atoms with Gasteiger partial charge in [-0.2, -0.15) is 8.78 Å². The molecule has 0 saturated heterocycles. The minimum absolute atomic E-state index is 0.0596. The molecule has 28 heavy (non-hydrogen) atoms. The first kappa shape index (κ1) is 21.0. The summed E-state index contributed by atoms with van der Waals surface area (Å²) in [4.78, 5) is 11.9. The monoisotopic (exact) mass is 394 g/mol. The lowest BCUT2D eigenvalue weighted by Gasteiger charge is -2.11. The molecule has 0 atom stereocenters. The number of esters is 1. The number of carbonyl (C=O) groups is 1. The van der Waals surface area contributed by atoms with E-state index in [1.54, 1.807) is 24.3 Å². The zero-order chi connectivity index (χ0) is 20.5. The number of carbonyl (C=O) groups excluding carboxylic acids is 1. The molecule has 2 aromatic carbocycles. The van der Waals surface area contributed by atoms with Crippen molar-refractivity contribution >= 4 is 12.0 Å². The predicted octanol–water partition coefficient (Wildman–Crippen LogP) is 4.07. The highest BCUT2D eigenvalue weighted by Gasteiger charge is 2.11. The number of ether oxygens (including phenoxy) is 5. The molecule has 0 radical (unpaired) electrons. The molecule has 0 saturated carbocycles. The van der Waals surface area contributed by atoms with Gasteiger partial charge in [0.1, 0.15) is 18.1 Å². The Balaban J connectivity index is 1.99. The molecule has 2 rings (SSSR count). The Bertz CT molecular complexity index is 813. The highest BCUT2D eigenvalue weighted by atomic mass is 19.3. The van der Waals surface area contributed by atoms with Gasteiger partial charge in [-0.25, -0.2) is 4.79 Å². The van der Waals surface area contributed by atoms with E-state index in [0.717, 1.165) is 0 Å². The number of rotatable bonds is 9. The summed E-state index contributed by atoms with van der Waals surface area (Å²) in [6.07, 6.45) is 2.83. The van der Waals surface area contributed by atoms with Gasteiger partial charge in [0, 0.05) is 12.1 Å². The smallest absolute Gasteiger partial charge is 0.387 e.